The zero-order valence-electron chi connectivity index (χ0n) is 8.25. The highest BCUT2D eigenvalue weighted by Crippen LogP contribution is 2.30. The zero-order valence-corrected chi connectivity index (χ0v) is 9.07. The molecule has 1 atom stereocenters. The maximum Gasteiger partial charge on any atom is 0.128 e. The van der Waals surface area contributed by atoms with Crippen molar-refractivity contribution in [3.05, 3.63) is 23.5 Å². The summed E-state index contributed by atoms with van der Waals surface area (Å²) in [6.45, 7) is 3.67. The maximum atomic E-state index is 13.0. The second-order valence-electron chi connectivity index (χ2n) is 3.25. The SMILES string of the molecule is Cc1cc(SC(C)CO)c(N)cc1F. The third-order valence-electron chi connectivity index (χ3n) is 1.88. The van der Waals surface area contributed by atoms with Gasteiger partial charge in [-0.05, 0) is 24.6 Å². The quantitative estimate of drug-likeness (QED) is 0.600. The molecule has 0 amide bonds. The number of aliphatic hydroxyl groups excluding tert-OH is 1. The summed E-state index contributed by atoms with van der Waals surface area (Å²) in [4.78, 5) is 0.824. The average molecular weight is 215 g/mol. The van der Waals surface area contributed by atoms with Crippen LogP contribution in [0.4, 0.5) is 10.1 Å². The normalized spacial score (nSPS) is 12.9. The minimum absolute atomic E-state index is 0.0714. The number of nitrogen functional groups attached to an aromatic ring is 1. The van der Waals surface area contributed by atoms with Gasteiger partial charge in [0.2, 0.25) is 0 Å². The van der Waals surface area contributed by atoms with Crippen LogP contribution >= 0.6 is 11.8 Å². The van der Waals surface area contributed by atoms with Crippen LogP contribution < -0.4 is 5.73 Å². The summed E-state index contributed by atoms with van der Waals surface area (Å²) in [6, 6.07) is 3.03. The van der Waals surface area contributed by atoms with Crippen LogP contribution in [0.25, 0.3) is 0 Å². The summed E-state index contributed by atoms with van der Waals surface area (Å²) in [5, 5.41) is 8.95. The van der Waals surface area contributed by atoms with E-state index in [1.807, 2.05) is 6.92 Å². The lowest BCUT2D eigenvalue weighted by Crippen LogP contribution is -2.03. The Bertz CT molecular complexity index is 330. The van der Waals surface area contributed by atoms with Crippen molar-refractivity contribution in [2.45, 2.75) is 24.0 Å². The van der Waals surface area contributed by atoms with E-state index >= 15 is 0 Å². The van der Waals surface area contributed by atoms with Crippen LogP contribution in [0.5, 0.6) is 0 Å². The van der Waals surface area contributed by atoms with Gasteiger partial charge in [0.25, 0.3) is 0 Å². The topological polar surface area (TPSA) is 46.2 Å². The number of nitrogens with two attached hydrogens (primary N) is 1. The van der Waals surface area contributed by atoms with Gasteiger partial charge in [-0.25, -0.2) is 4.39 Å². The molecule has 1 unspecified atom stereocenters. The molecule has 0 saturated heterocycles. The van der Waals surface area contributed by atoms with Crippen molar-refractivity contribution in [3.8, 4) is 0 Å². The molecule has 0 radical (unpaired) electrons. The first-order valence-corrected chi connectivity index (χ1v) is 5.25. The molecule has 14 heavy (non-hydrogen) atoms. The minimum atomic E-state index is -0.288. The first-order chi connectivity index (χ1) is 6.54. The Hall–Kier alpha value is -0.740. The van der Waals surface area contributed by atoms with Crippen LogP contribution in [0.2, 0.25) is 0 Å². The number of benzene rings is 1. The molecule has 4 heteroatoms. The molecule has 3 N–H and O–H groups in total. The Morgan fingerprint density at radius 3 is 2.79 bits per heavy atom. The van der Waals surface area contributed by atoms with Gasteiger partial charge < -0.3 is 10.8 Å². The van der Waals surface area contributed by atoms with Gasteiger partial charge in [-0.15, -0.1) is 11.8 Å². The second kappa shape index (κ2) is 4.66. The van der Waals surface area contributed by atoms with Gasteiger partial charge >= 0.3 is 0 Å². The van der Waals surface area contributed by atoms with E-state index in [0.29, 0.717) is 11.3 Å². The Labute approximate surface area is 87.3 Å². The number of aryl methyl sites for hydroxylation is 1. The lowest BCUT2D eigenvalue weighted by Gasteiger charge is -2.11. The highest BCUT2D eigenvalue weighted by atomic mass is 32.2. The van der Waals surface area contributed by atoms with E-state index in [0.717, 1.165) is 4.90 Å². The van der Waals surface area contributed by atoms with Crippen molar-refractivity contribution >= 4 is 17.4 Å². The molecular formula is C10H14FNOS. The number of anilines is 1. The summed E-state index contributed by atoms with van der Waals surface area (Å²) in [5.74, 6) is -0.288. The van der Waals surface area contributed by atoms with Crippen LogP contribution in [0, 0.1) is 12.7 Å². The van der Waals surface area contributed by atoms with Crippen molar-refractivity contribution in [2.75, 3.05) is 12.3 Å². The van der Waals surface area contributed by atoms with Crippen LogP contribution in [0.3, 0.4) is 0 Å². The average Bonchev–Trinajstić information content (AvgIpc) is 2.14. The first kappa shape index (κ1) is 11.3. The van der Waals surface area contributed by atoms with Crippen LogP contribution in [-0.4, -0.2) is 17.0 Å². The van der Waals surface area contributed by atoms with Gasteiger partial charge in [0, 0.05) is 15.8 Å². The molecule has 1 rings (SSSR count). The van der Waals surface area contributed by atoms with E-state index in [4.69, 9.17) is 10.8 Å². The minimum Gasteiger partial charge on any atom is -0.398 e. The number of hydrogen-bond donors (Lipinski definition) is 2. The molecule has 0 aliphatic rings. The highest BCUT2D eigenvalue weighted by molar-refractivity contribution is 8.00. The van der Waals surface area contributed by atoms with Crippen molar-refractivity contribution in [2.24, 2.45) is 0 Å². The summed E-state index contributed by atoms with van der Waals surface area (Å²) in [7, 11) is 0. The lowest BCUT2D eigenvalue weighted by molar-refractivity contribution is 0.300. The fraction of sp³-hybridized carbons (Fsp3) is 0.400. The third kappa shape index (κ3) is 2.62. The molecular weight excluding hydrogens is 201 g/mol. The standard InChI is InChI=1S/C10H14FNOS/c1-6-3-10(14-7(2)5-13)9(12)4-8(6)11/h3-4,7,13H,5,12H2,1-2H3. The Balaban J connectivity index is 2.92. The van der Waals surface area contributed by atoms with Crippen molar-refractivity contribution < 1.29 is 9.50 Å². The van der Waals surface area contributed by atoms with Gasteiger partial charge in [0.15, 0.2) is 0 Å². The Morgan fingerprint density at radius 1 is 1.57 bits per heavy atom. The van der Waals surface area contributed by atoms with Gasteiger partial charge in [-0.1, -0.05) is 6.92 Å². The van der Waals surface area contributed by atoms with Gasteiger partial charge in [-0.3, -0.25) is 0 Å². The number of aliphatic hydroxyl groups is 1. The van der Waals surface area contributed by atoms with E-state index in [9.17, 15) is 4.39 Å². The molecule has 0 aliphatic carbocycles. The second-order valence-corrected chi connectivity index (χ2v) is 4.73. The van der Waals surface area contributed by atoms with E-state index in [-0.39, 0.29) is 17.7 Å². The highest BCUT2D eigenvalue weighted by Gasteiger charge is 2.08. The molecule has 0 bridgehead atoms. The van der Waals surface area contributed by atoms with Crippen LogP contribution in [0.1, 0.15) is 12.5 Å². The smallest absolute Gasteiger partial charge is 0.128 e. The van der Waals surface area contributed by atoms with Gasteiger partial charge in [-0.2, -0.15) is 0 Å². The number of hydrogen-bond acceptors (Lipinski definition) is 3. The number of rotatable bonds is 3. The van der Waals surface area contributed by atoms with Gasteiger partial charge in [0.1, 0.15) is 5.82 Å². The third-order valence-corrected chi connectivity index (χ3v) is 3.04. The predicted molar refractivity (Wildman–Crippen MR) is 58.0 cm³/mol. The molecule has 0 aliphatic heterocycles. The Morgan fingerprint density at radius 2 is 2.21 bits per heavy atom. The molecule has 0 saturated carbocycles. The fourth-order valence-corrected chi connectivity index (χ4v) is 1.97. The molecule has 1 aromatic rings. The van der Waals surface area contributed by atoms with Crippen molar-refractivity contribution in [3.63, 3.8) is 0 Å². The van der Waals surface area contributed by atoms with Crippen LogP contribution in [-0.2, 0) is 0 Å². The molecule has 0 spiro atoms. The number of thioether (sulfide) groups is 1. The maximum absolute atomic E-state index is 13.0. The summed E-state index contributed by atoms with van der Waals surface area (Å²) < 4.78 is 13.0. The zero-order chi connectivity index (χ0) is 10.7. The van der Waals surface area contributed by atoms with Crippen LogP contribution in [0.15, 0.2) is 17.0 Å². The Kier molecular flexibility index (Phi) is 3.77. The molecule has 0 fully saturated rings. The van der Waals surface area contributed by atoms with Crippen molar-refractivity contribution in [1.82, 2.24) is 0 Å². The van der Waals surface area contributed by atoms with E-state index in [1.54, 1.807) is 13.0 Å². The largest absolute Gasteiger partial charge is 0.398 e. The molecule has 2 nitrogen and oxygen atoms in total. The van der Waals surface area contributed by atoms with E-state index in [2.05, 4.69) is 0 Å². The van der Waals surface area contributed by atoms with Gasteiger partial charge in [0.05, 0.1) is 6.61 Å². The molecule has 0 heterocycles. The molecule has 1 aromatic carbocycles. The van der Waals surface area contributed by atoms with E-state index < -0.39 is 0 Å². The van der Waals surface area contributed by atoms with E-state index in [1.165, 1.54) is 17.8 Å². The monoisotopic (exact) mass is 215 g/mol. The molecule has 0 aromatic heterocycles. The first-order valence-electron chi connectivity index (χ1n) is 4.37. The number of halogens is 1. The molecule has 78 valence electrons. The summed E-state index contributed by atoms with van der Waals surface area (Å²) >= 11 is 1.45. The fourth-order valence-electron chi connectivity index (χ4n) is 1.03. The predicted octanol–water partition coefficient (Wildman–Crippen LogP) is 2.19. The summed E-state index contributed by atoms with van der Waals surface area (Å²) in [6.07, 6.45) is 0. The lowest BCUT2D eigenvalue weighted by atomic mass is 10.2. The summed E-state index contributed by atoms with van der Waals surface area (Å²) in [5.41, 5.74) is 6.66. The van der Waals surface area contributed by atoms with Crippen molar-refractivity contribution in [1.29, 1.82) is 0 Å².